The second-order valence-corrected chi connectivity index (χ2v) is 24.0. The molecule has 3 aliphatic heterocycles. The van der Waals surface area contributed by atoms with Gasteiger partial charge in [-0.15, -0.1) is 0 Å². The molecule has 3 amide bonds. The van der Waals surface area contributed by atoms with E-state index >= 15 is 0 Å². The molecule has 16 nitrogen and oxygen atoms in total. The van der Waals surface area contributed by atoms with Crippen molar-refractivity contribution < 1.29 is 40.8 Å². The highest BCUT2D eigenvalue weighted by atomic mass is 32.2. The fourth-order valence-corrected chi connectivity index (χ4v) is 12.4. The zero-order valence-electron chi connectivity index (χ0n) is 43.6. The van der Waals surface area contributed by atoms with Gasteiger partial charge in [0.2, 0.25) is 26.0 Å². The molecule has 0 atom stereocenters. The lowest BCUT2D eigenvalue weighted by Crippen LogP contribution is -2.31. The number of hydrogen-bond donors (Lipinski definition) is 4. The van der Waals surface area contributed by atoms with E-state index in [1.54, 1.807) is 49.5 Å². The number of hydrogen-bond acceptors (Lipinski definition) is 12. The lowest BCUT2D eigenvalue weighted by atomic mass is 10.00. The molecule has 0 radical (unpaired) electrons. The third-order valence-corrected chi connectivity index (χ3v) is 17.7. The second-order valence-electron chi connectivity index (χ2n) is 20.2. The van der Waals surface area contributed by atoms with Crippen molar-refractivity contribution in [2.45, 2.75) is 81.4 Å². The van der Waals surface area contributed by atoms with E-state index in [1.165, 1.54) is 54.8 Å². The summed E-state index contributed by atoms with van der Waals surface area (Å²) in [4.78, 5) is 54.6. The summed E-state index contributed by atoms with van der Waals surface area (Å²) in [5, 5.41) is 9.71. The molecule has 0 unspecified atom stereocenters. The molecule has 2 saturated carbocycles. The molecule has 3 heterocycles. The molecule has 3 fully saturated rings. The number of anilines is 4. The van der Waals surface area contributed by atoms with Gasteiger partial charge in [-0.1, -0.05) is 84.9 Å². The molecule has 78 heavy (non-hydrogen) atoms. The zero-order chi connectivity index (χ0) is 54.7. The summed E-state index contributed by atoms with van der Waals surface area (Å²) < 4.78 is 61.9. The summed E-state index contributed by atoms with van der Waals surface area (Å²) in [7, 11) is -5.92. The van der Waals surface area contributed by atoms with Crippen LogP contribution in [0, 0.1) is 5.92 Å². The molecule has 4 N–H and O–H groups in total. The lowest BCUT2D eigenvalue weighted by Gasteiger charge is -2.18. The average Bonchev–Trinajstić information content (AvgIpc) is 4.49. The molecule has 18 heteroatoms. The van der Waals surface area contributed by atoms with Crippen LogP contribution in [0.5, 0.6) is 0 Å². The third-order valence-electron chi connectivity index (χ3n) is 14.4. The number of amides is 3. The molecule has 5 aliphatic rings. The van der Waals surface area contributed by atoms with Crippen LogP contribution in [0.2, 0.25) is 0 Å². The maximum atomic E-state index is 13.8. The van der Waals surface area contributed by atoms with Gasteiger partial charge in [0.05, 0.1) is 38.0 Å². The van der Waals surface area contributed by atoms with E-state index in [9.17, 15) is 36.0 Å². The number of esters is 1. The van der Waals surface area contributed by atoms with Crippen LogP contribution >= 0.6 is 0 Å². The normalized spacial score (nSPS) is 17.4. The molecule has 6 aromatic rings. The second kappa shape index (κ2) is 22.7. The number of ether oxygens (including phenoxy) is 1. The summed E-state index contributed by atoms with van der Waals surface area (Å²) in [6.45, 7) is 6.45. The van der Waals surface area contributed by atoms with Crippen molar-refractivity contribution >= 4 is 89.0 Å². The zero-order valence-corrected chi connectivity index (χ0v) is 45.3. The fraction of sp³-hybridized carbons (Fsp3) is 0.267. The fourth-order valence-electron chi connectivity index (χ4n) is 9.77. The van der Waals surface area contributed by atoms with Crippen molar-refractivity contribution in [1.82, 2.24) is 13.9 Å². The predicted octanol–water partition coefficient (Wildman–Crippen LogP) is 9.31. The molecule has 2 aliphatic carbocycles. The van der Waals surface area contributed by atoms with Crippen LogP contribution in [-0.2, 0) is 57.1 Å². The quantitative estimate of drug-likeness (QED) is 0.0499. The minimum absolute atomic E-state index is 0.0334. The summed E-state index contributed by atoms with van der Waals surface area (Å²) in [6.07, 6.45) is 6.26. The van der Waals surface area contributed by atoms with Crippen LogP contribution in [-0.4, -0.2) is 82.5 Å². The van der Waals surface area contributed by atoms with Gasteiger partial charge < -0.3 is 20.7 Å². The van der Waals surface area contributed by atoms with E-state index in [1.807, 2.05) is 72.8 Å². The lowest BCUT2D eigenvalue weighted by molar-refractivity contribution is -0.142. The maximum absolute atomic E-state index is 13.8. The van der Waals surface area contributed by atoms with E-state index < -0.39 is 31.9 Å². The number of carbonyl (C=O) groups is 4. The van der Waals surface area contributed by atoms with Crippen LogP contribution in [0.4, 0.5) is 22.7 Å². The van der Waals surface area contributed by atoms with Crippen molar-refractivity contribution in [3.05, 3.63) is 179 Å². The minimum atomic E-state index is -3.80. The Kier molecular flexibility index (Phi) is 15.6. The Morgan fingerprint density at radius 2 is 1.23 bits per heavy atom. The highest BCUT2D eigenvalue weighted by molar-refractivity contribution is 7.89. The van der Waals surface area contributed by atoms with Gasteiger partial charge in [-0.2, -0.15) is 4.31 Å². The van der Waals surface area contributed by atoms with Crippen LogP contribution in [0.3, 0.4) is 0 Å². The first-order valence-corrected chi connectivity index (χ1v) is 29.1. The predicted molar refractivity (Wildman–Crippen MR) is 302 cm³/mol. The van der Waals surface area contributed by atoms with Gasteiger partial charge >= 0.3 is 5.97 Å². The Hall–Kier alpha value is -7.74. The molecular formula is C60H61N7O9S2. The van der Waals surface area contributed by atoms with Crippen molar-refractivity contribution in [2.75, 3.05) is 47.5 Å². The number of benzene rings is 6. The molecule has 0 aromatic heterocycles. The largest absolute Gasteiger partial charge is 0.461 e. The highest BCUT2D eigenvalue weighted by Crippen LogP contribution is 2.44. The number of fused-ring (bicyclic) bond motifs is 2. The number of imide groups is 1. The SMILES string of the molecule is CC(=O)OCc1ccc(N/C(=C2\C(=O)N(C(C)=O)c3ccc(S(=O)(=O)N(C)C4CC4)cc32)c2ccccc2)cc1.O=C1Nc2ccc(S(=O)(=O)NCC3CC3)cc2/C1=C(/Nc1ccc(CN2CCCC2)cc1)c1ccccc1. The molecular weight excluding hydrogens is 1030 g/mol. The van der Waals surface area contributed by atoms with E-state index in [2.05, 4.69) is 37.7 Å². The average molecular weight is 1090 g/mol. The van der Waals surface area contributed by atoms with E-state index in [0.717, 1.165) is 67.0 Å². The number of sulfonamides is 2. The van der Waals surface area contributed by atoms with Gasteiger partial charge in [0.1, 0.15) is 6.61 Å². The smallest absolute Gasteiger partial charge is 0.302 e. The van der Waals surface area contributed by atoms with Gasteiger partial charge in [-0.25, -0.2) is 26.5 Å². The first-order valence-electron chi connectivity index (χ1n) is 26.1. The molecule has 0 spiro atoms. The Balaban J connectivity index is 0.000000177. The highest BCUT2D eigenvalue weighted by Gasteiger charge is 2.41. The third kappa shape index (κ3) is 12.0. The number of carbonyl (C=O) groups excluding carboxylic acids is 4. The first kappa shape index (κ1) is 53.6. The van der Waals surface area contributed by atoms with E-state index in [0.29, 0.717) is 63.2 Å². The monoisotopic (exact) mass is 1090 g/mol. The van der Waals surface area contributed by atoms with Crippen LogP contribution in [0.1, 0.15) is 85.8 Å². The number of rotatable bonds is 17. The molecule has 11 rings (SSSR count). The van der Waals surface area contributed by atoms with Gasteiger partial charge in [0, 0.05) is 68.2 Å². The molecule has 402 valence electrons. The van der Waals surface area contributed by atoms with Crippen LogP contribution in [0.25, 0.3) is 22.5 Å². The van der Waals surface area contributed by atoms with Gasteiger partial charge in [0.25, 0.3) is 11.8 Å². The Bertz CT molecular complexity index is 3580. The Morgan fingerprint density at radius 1 is 0.667 bits per heavy atom. The van der Waals surface area contributed by atoms with Crippen molar-refractivity contribution in [3.8, 4) is 0 Å². The number of nitrogens with zero attached hydrogens (tertiary/aromatic N) is 3. The number of likely N-dealkylation sites (tertiary alicyclic amines) is 1. The van der Waals surface area contributed by atoms with E-state index in [4.69, 9.17) is 4.74 Å². The Morgan fingerprint density at radius 3 is 1.79 bits per heavy atom. The Labute approximate surface area is 455 Å². The van der Waals surface area contributed by atoms with Crippen molar-refractivity contribution in [1.29, 1.82) is 0 Å². The maximum Gasteiger partial charge on any atom is 0.302 e. The van der Waals surface area contributed by atoms with Gasteiger partial charge in [-0.3, -0.25) is 24.1 Å². The van der Waals surface area contributed by atoms with Crippen LogP contribution < -0.4 is 25.6 Å². The summed E-state index contributed by atoms with van der Waals surface area (Å²) in [5.74, 6) is -1.25. The van der Waals surface area contributed by atoms with Crippen LogP contribution in [0.15, 0.2) is 155 Å². The standard InChI is InChI=1S/C30H32N4O3S.C30H29N3O6S/c35-30-28(26-18-25(14-15-27(26)33-30)38(36,37)31-19-21-8-9-21)29(23-6-2-1-3-7-23)32-24-12-10-22(11-13-24)20-34-16-4-5-17-34;1-19(34)33-27-16-15-25(40(37,38)32(3)24-13-14-24)17-26(27)28(30(33)36)29(22-7-5-4-6-8-22)31-23-11-9-21(10-12-23)18-39-20(2)35/h1-3,6-7,10-15,18,21,31-32H,4-5,8-9,16-17,19-20H2,(H,33,35);4-12,15-17,24,31H,13-14,18H2,1-3H3/b2*29-28-. The van der Waals surface area contributed by atoms with E-state index in [-0.39, 0.29) is 39.9 Å². The summed E-state index contributed by atoms with van der Waals surface area (Å²) in [5.41, 5.74) is 8.57. The minimum Gasteiger partial charge on any atom is -0.461 e. The summed E-state index contributed by atoms with van der Waals surface area (Å²) >= 11 is 0. The summed E-state index contributed by atoms with van der Waals surface area (Å²) in [6, 6.07) is 43.5. The van der Waals surface area contributed by atoms with Gasteiger partial charge in [-0.05, 0) is 140 Å². The van der Waals surface area contributed by atoms with Crippen molar-refractivity contribution in [3.63, 3.8) is 0 Å². The number of nitrogens with one attached hydrogen (secondary N) is 4. The van der Waals surface area contributed by atoms with Gasteiger partial charge in [0.15, 0.2) is 0 Å². The first-order chi connectivity index (χ1) is 37.5. The molecule has 0 bridgehead atoms. The molecule has 1 saturated heterocycles. The topological polar surface area (TPSA) is 204 Å². The molecule has 6 aromatic carbocycles. The van der Waals surface area contributed by atoms with Crippen molar-refractivity contribution in [2.24, 2.45) is 5.92 Å².